The summed E-state index contributed by atoms with van der Waals surface area (Å²) in [5, 5.41) is 22.2. The van der Waals surface area contributed by atoms with Crippen molar-refractivity contribution in [1.29, 1.82) is 0 Å². The summed E-state index contributed by atoms with van der Waals surface area (Å²) in [6.07, 6.45) is 6.44. The molecule has 0 aliphatic heterocycles. The maximum absolute atomic E-state index is 13.8. The maximum atomic E-state index is 13.8. The van der Waals surface area contributed by atoms with Gasteiger partial charge in [-0.1, -0.05) is 83.1 Å². The molecule has 1 fully saturated rings. The van der Waals surface area contributed by atoms with Gasteiger partial charge in [0.15, 0.2) is 5.78 Å². The van der Waals surface area contributed by atoms with Crippen LogP contribution in [0.15, 0.2) is 35.4 Å². The van der Waals surface area contributed by atoms with E-state index in [-0.39, 0.29) is 27.4 Å². The van der Waals surface area contributed by atoms with Gasteiger partial charge >= 0.3 is 0 Å². The largest absolute Gasteiger partial charge is 0.507 e. The summed E-state index contributed by atoms with van der Waals surface area (Å²) in [5.74, 6) is 0.792. The minimum absolute atomic E-state index is 0.0895. The molecule has 0 unspecified atom stereocenters. The van der Waals surface area contributed by atoms with Crippen LogP contribution in [0, 0.1) is 0 Å². The van der Waals surface area contributed by atoms with Gasteiger partial charge in [-0.05, 0) is 88.5 Å². The summed E-state index contributed by atoms with van der Waals surface area (Å²) >= 11 is 0. The molecule has 3 nitrogen and oxygen atoms in total. The molecule has 2 aromatic carbocycles. The van der Waals surface area contributed by atoms with Gasteiger partial charge in [-0.15, -0.1) is 0 Å². The predicted octanol–water partition coefficient (Wildman–Crippen LogP) is 9.51. The van der Waals surface area contributed by atoms with E-state index in [0.717, 1.165) is 63.8 Å². The number of allylic oxidation sites excluding steroid dienone is 2. The Kier molecular flexibility index (Phi) is 8.12. The second-order valence-corrected chi connectivity index (χ2v) is 15.5. The van der Waals surface area contributed by atoms with Crippen molar-refractivity contribution in [2.45, 2.75) is 124 Å². The molecule has 1 aliphatic rings. The average molecular weight is 531 g/mol. The highest BCUT2D eigenvalue weighted by Gasteiger charge is 2.29. The Hall–Kier alpha value is -2.81. The number of phenolic OH excluding ortho intramolecular Hbond substituents is 2. The number of hydrogen-bond donors (Lipinski definition) is 2. The van der Waals surface area contributed by atoms with Gasteiger partial charge < -0.3 is 10.2 Å². The van der Waals surface area contributed by atoms with Crippen LogP contribution in [0.2, 0.25) is 0 Å². The summed E-state index contributed by atoms with van der Waals surface area (Å²) in [7, 11) is 0. The number of carbonyl (C=O) groups is 1. The first-order valence-electron chi connectivity index (χ1n) is 14.3. The van der Waals surface area contributed by atoms with Crippen LogP contribution in [0.5, 0.6) is 11.5 Å². The van der Waals surface area contributed by atoms with E-state index in [4.69, 9.17) is 0 Å². The second kappa shape index (κ2) is 10.3. The van der Waals surface area contributed by atoms with Crippen molar-refractivity contribution < 1.29 is 15.0 Å². The molecule has 0 amide bonds. The van der Waals surface area contributed by atoms with E-state index >= 15 is 0 Å². The third-order valence-corrected chi connectivity index (χ3v) is 7.65. The van der Waals surface area contributed by atoms with E-state index in [2.05, 4.69) is 83.1 Å². The van der Waals surface area contributed by atoms with Crippen LogP contribution >= 0.6 is 0 Å². The highest BCUT2D eigenvalue weighted by Crippen LogP contribution is 2.42. The molecule has 2 aromatic rings. The third-order valence-electron chi connectivity index (χ3n) is 7.65. The van der Waals surface area contributed by atoms with Gasteiger partial charge in [0.05, 0.1) is 0 Å². The number of ketones is 1. The van der Waals surface area contributed by atoms with Crippen molar-refractivity contribution >= 4 is 17.9 Å². The van der Waals surface area contributed by atoms with Crippen molar-refractivity contribution in [3.63, 3.8) is 0 Å². The van der Waals surface area contributed by atoms with Crippen LogP contribution in [0.1, 0.15) is 136 Å². The van der Waals surface area contributed by atoms with Gasteiger partial charge in [0.1, 0.15) is 11.5 Å². The highest BCUT2D eigenvalue weighted by molar-refractivity contribution is 6.14. The lowest BCUT2D eigenvalue weighted by Crippen LogP contribution is -2.18. The number of Topliss-reactive ketones (excluding diaryl/α,β-unsaturated/α-hetero) is 1. The number of benzene rings is 2. The standard InChI is InChI=1S/C36H50O3/c1-33(2,3)26-18-22(19-27(31(26)38)34(4,5)6)16-24-14-13-15-25(30(24)37)17-23-20-28(35(7,8)9)32(39)29(21-23)36(10,11)12/h16-21,38-39H,13-15H2,1-12H3/b24-16-,25-17?. The molecule has 3 rings (SSSR count). The molecule has 3 heteroatoms. The van der Waals surface area contributed by atoms with Gasteiger partial charge in [-0.25, -0.2) is 0 Å². The molecule has 2 N–H and O–H groups in total. The van der Waals surface area contributed by atoms with Crippen molar-refractivity contribution in [2.24, 2.45) is 0 Å². The van der Waals surface area contributed by atoms with Crippen LogP contribution in [0.4, 0.5) is 0 Å². The Morgan fingerprint density at radius 2 is 0.795 bits per heavy atom. The molecule has 0 bridgehead atoms. The SMILES string of the molecule is CC(C)(C)c1cc(C=C2CCC/C(=C/c3cc(C(C)(C)C)c(O)c(C(C)(C)C)c3)C2=O)cc(C(C)(C)C)c1O. The van der Waals surface area contributed by atoms with Gasteiger partial charge in [0.2, 0.25) is 0 Å². The lowest BCUT2D eigenvalue weighted by Gasteiger charge is -2.28. The monoisotopic (exact) mass is 530 g/mol. The number of rotatable bonds is 2. The number of carbonyl (C=O) groups excluding carboxylic acids is 1. The summed E-state index contributed by atoms with van der Waals surface area (Å²) in [6, 6.07) is 8.14. The minimum atomic E-state index is -0.228. The molecule has 0 spiro atoms. The second-order valence-electron chi connectivity index (χ2n) is 15.5. The highest BCUT2D eigenvalue weighted by atomic mass is 16.3. The summed E-state index contributed by atoms with van der Waals surface area (Å²) in [6.45, 7) is 25.3. The first-order chi connectivity index (χ1) is 17.6. The van der Waals surface area contributed by atoms with E-state index < -0.39 is 0 Å². The van der Waals surface area contributed by atoms with Gasteiger partial charge in [-0.3, -0.25) is 4.79 Å². The van der Waals surface area contributed by atoms with Crippen LogP contribution < -0.4 is 0 Å². The topological polar surface area (TPSA) is 57.5 Å². The lowest BCUT2D eigenvalue weighted by atomic mass is 9.77. The Labute approximate surface area is 237 Å². The molecule has 1 saturated carbocycles. The van der Waals surface area contributed by atoms with Gasteiger partial charge in [0, 0.05) is 33.4 Å². The zero-order valence-electron chi connectivity index (χ0n) is 26.4. The fraction of sp³-hybridized carbons (Fsp3) is 0.528. The molecular weight excluding hydrogens is 480 g/mol. The van der Waals surface area contributed by atoms with Crippen molar-refractivity contribution in [3.05, 3.63) is 68.8 Å². The Morgan fingerprint density at radius 3 is 1.03 bits per heavy atom. The molecule has 1 aliphatic carbocycles. The molecule has 0 aromatic heterocycles. The summed E-state index contributed by atoms with van der Waals surface area (Å²) < 4.78 is 0. The summed E-state index contributed by atoms with van der Waals surface area (Å²) in [5.41, 5.74) is 6.22. The summed E-state index contributed by atoms with van der Waals surface area (Å²) in [4.78, 5) is 13.8. The Balaban J connectivity index is 2.13. The number of hydrogen-bond acceptors (Lipinski definition) is 3. The third kappa shape index (κ3) is 6.86. The minimum Gasteiger partial charge on any atom is -0.507 e. The fourth-order valence-corrected chi connectivity index (χ4v) is 5.35. The van der Waals surface area contributed by atoms with Crippen molar-refractivity contribution in [1.82, 2.24) is 0 Å². The maximum Gasteiger partial charge on any atom is 0.185 e. The first-order valence-corrected chi connectivity index (χ1v) is 14.3. The van der Waals surface area contributed by atoms with Crippen LogP contribution in [0.25, 0.3) is 12.2 Å². The molecule has 39 heavy (non-hydrogen) atoms. The Bertz CT molecular complexity index is 1150. The average Bonchev–Trinajstić information content (AvgIpc) is 2.75. The van der Waals surface area contributed by atoms with Crippen LogP contribution in [-0.2, 0) is 26.5 Å². The van der Waals surface area contributed by atoms with E-state index in [1.165, 1.54) is 0 Å². The van der Waals surface area contributed by atoms with Crippen molar-refractivity contribution in [3.8, 4) is 11.5 Å². The lowest BCUT2D eigenvalue weighted by molar-refractivity contribution is -0.112. The zero-order chi connectivity index (χ0) is 29.7. The zero-order valence-corrected chi connectivity index (χ0v) is 26.4. The molecular formula is C36H50O3. The van der Waals surface area contributed by atoms with E-state index in [1.54, 1.807) is 0 Å². The van der Waals surface area contributed by atoms with Crippen LogP contribution in [0.3, 0.4) is 0 Å². The normalized spacial score (nSPS) is 17.8. The van der Waals surface area contributed by atoms with Gasteiger partial charge in [-0.2, -0.15) is 0 Å². The number of aromatic hydroxyl groups is 2. The fourth-order valence-electron chi connectivity index (χ4n) is 5.35. The molecule has 212 valence electrons. The van der Waals surface area contributed by atoms with Crippen LogP contribution in [-0.4, -0.2) is 16.0 Å². The Morgan fingerprint density at radius 1 is 0.538 bits per heavy atom. The molecule has 0 saturated heterocycles. The molecule has 0 radical (unpaired) electrons. The van der Waals surface area contributed by atoms with E-state index in [9.17, 15) is 15.0 Å². The smallest absolute Gasteiger partial charge is 0.185 e. The van der Waals surface area contributed by atoms with E-state index in [1.807, 2.05) is 36.4 Å². The molecule has 0 atom stereocenters. The van der Waals surface area contributed by atoms with E-state index in [0.29, 0.717) is 11.5 Å². The predicted molar refractivity (Wildman–Crippen MR) is 166 cm³/mol. The molecule has 0 heterocycles. The first kappa shape index (κ1) is 30.7. The van der Waals surface area contributed by atoms with Crippen molar-refractivity contribution in [2.75, 3.05) is 0 Å². The quantitative estimate of drug-likeness (QED) is 0.380. The van der Waals surface area contributed by atoms with Gasteiger partial charge in [0.25, 0.3) is 0 Å². The number of phenols is 2.